The molecule has 0 spiro atoms. The summed E-state index contributed by atoms with van der Waals surface area (Å²) < 4.78 is 7.91. The van der Waals surface area contributed by atoms with E-state index < -0.39 is 11.2 Å². The van der Waals surface area contributed by atoms with Gasteiger partial charge < -0.3 is 20.3 Å². The van der Waals surface area contributed by atoms with E-state index in [1.165, 1.54) is 4.57 Å². The second-order valence-corrected chi connectivity index (χ2v) is 7.81. The molecule has 0 aromatic carbocycles. The number of anilines is 2. The lowest BCUT2D eigenvalue weighted by Gasteiger charge is -2.30. The van der Waals surface area contributed by atoms with Crippen LogP contribution in [-0.4, -0.2) is 59.3 Å². The molecule has 2 fully saturated rings. The fourth-order valence-electron chi connectivity index (χ4n) is 4.01. The van der Waals surface area contributed by atoms with E-state index in [0.717, 1.165) is 43.1 Å². The molecule has 1 aromatic rings. The Bertz CT molecular complexity index is 817. The molecule has 0 unspecified atom stereocenters. The number of carbonyl (C=O) groups excluding carboxylic acids is 1. The smallest absolute Gasteiger partial charge is 0.333 e. The highest BCUT2D eigenvalue weighted by molar-refractivity contribution is 5.76. The summed E-state index contributed by atoms with van der Waals surface area (Å²) in [7, 11) is 0. The molecule has 9 heteroatoms. The van der Waals surface area contributed by atoms with Crippen molar-refractivity contribution in [3.63, 3.8) is 0 Å². The van der Waals surface area contributed by atoms with Gasteiger partial charge in [0.2, 0.25) is 5.91 Å². The fourth-order valence-corrected chi connectivity index (χ4v) is 4.01. The topological polar surface area (TPSA) is 103 Å². The SMILES string of the molecule is CCCCn1c(N)c(N2CCOCC2)c(=O)n(CC(=O)N2CCCCCC2)c1=O. The molecule has 3 rings (SSSR count). The summed E-state index contributed by atoms with van der Waals surface area (Å²) in [5.41, 5.74) is 5.62. The molecule has 29 heavy (non-hydrogen) atoms. The summed E-state index contributed by atoms with van der Waals surface area (Å²) in [6, 6.07) is 0. The van der Waals surface area contributed by atoms with E-state index in [9.17, 15) is 14.4 Å². The van der Waals surface area contributed by atoms with Gasteiger partial charge in [-0.15, -0.1) is 0 Å². The molecular weight excluding hydrogens is 374 g/mol. The molecule has 2 aliphatic rings. The van der Waals surface area contributed by atoms with E-state index in [1.807, 2.05) is 11.8 Å². The number of carbonyl (C=O) groups is 1. The largest absolute Gasteiger partial charge is 0.383 e. The Balaban J connectivity index is 1.98. The Morgan fingerprint density at radius 3 is 2.28 bits per heavy atom. The number of hydrogen-bond donors (Lipinski definition) is 1. The van der Waals surface area contributed by atoms with Crippen LogP contribution in [0.25, 0.3) is 0 Å². The summed E-state index contributed by atoms with van der Waals surface area (Å²) in [6.45, 7) is 5.66. The first-order valence-corrected chi connectivity index (χ1v) is 10.8. The maximum absolute atomic E-state index is 13.2. The molecule has 9 nitrogen and oxygen atoms in total. The Kier molecular flexibility index (Phi) is 7.35. The van der Waals surface area contributed by atoms with Gasteiger partial charge >= 0.3 is 5.69 Å². The van der Waals surface area contributed by atoms with Crippen LogP contribution in [-0.2, 0) is 22.6 Å². The molecule has 3 heterocycles. The molecule has 2 aliphatic heterocycles. The van der Waals surface area contributed by atoms with E-state index in [2.05, 4.69) is 0 Å². The van der Waals surface area contributed by atoms with Crippen molar-refractivity contribution in [2.24, 2.45) is 0 Å². The first-order chi connectivity index (χ1) is 14.0. The summed E-state index contributed by atoms with van der Waals surface area (Å²) in [4.78, 5) is 42.8. The van der Waals surface area contributed by atoms with E-state index in [-0.39, 0.29) is 18.3 Å². The van der Waals surface area contributed by atoms with Crippen molar-refractivity contribution in [3.05, 3.63) is 20.8 Å². The van der Waals surface area contributed by atoms with Crippen LogP contribution in [0.4, 0.5) is 11.5 Å². The van der Waals surface area contributed by atoms with Crippen LogP contribution in [0, 0.1) is 0 Å². The number of rotatable bonds is 6. The minimum Gasteiger partial charge on any atom is -0.383 e. The number of unbranched alkanes of at least 4 members (excludes halogenated alkanes) is 1. The second kappa shape index (κ2) is 9.96. The predicted molar refractivity (Wildman–Crippen MR) is 112 cm³/mol. The van der Waals surface area contributed by atoms with Gasteiger partial charge in [-0.3, -0.25) is 14.2 Å². The molecule has 162 valence electrons. The van der Waals surface area contributed by atoms with Gasteiger partial charge in [-0.1, -0.05) is 26.2 Å². The molecule has 2 N–H and O–H groups in total. The molecule has 0 saturated carbocycles. The van der Waals surface area contributed by atoms with Gasteiger partial charge in [0.25, 0.3) is 5.56 Å². The molecule has 1 aromatic heterocycles. The quantitative estimate of drug-likeness (QED) is 0.742. The van der Waals surface area contributed by atoms with Gasteiger partial charge in [-0.2, -0.15) is 0 Å². The zero-order chi connectivity index (χ0) is 20.8. The normalized spacial score (nSPS) is 18.0. The van der Waals surface area contributed by atoms with E-state index in [1.54, 1.807) is 4.90 Å². The predicted octanol–water partition coefficient (Wildman–Crippen LogP) is 0.632. The van der Waals surface area contributed by atoms with Gasteiger partial charge in [0, 0.05) is 32.7 Å². The lowest BCUT2D eigenvalue weighted by atomic mass is 10.2. The molecule has 2 saturated heterocycles. The molecule has 0 atom stereocenters. The Labute approximate surface area is 171 Å². The summed E-state index contributed by atoms with van der Waals surface area (Å²) >= 11 is 0. The molecule has 1 amide bonds. The summed E-state index contributed by atoms with van der Waals surface area (Å²) in [6.07, 6.45) is 5.80. The lowest BCUT2D eigenvalue weighted by Crippen LogP contribution is -2.49. The van der Waals surface area contributed by atoms with E-state index in [0.29, 0.717) is 51.6 Å². The maximum Gasteiger partial charge on any atom is 0.333 e. The third kappa shape index (κ3) is 4.83. The second-order valence-electron chi connectivity index (χ2n) is 7.81. The number of aromatic nitrogens is 2. The van der Waals surface area contributed by atoms with Gasteiger partial charge in [0.05, 0.1) is 13.2 Å². The average molecular weight is 408 g/mol. The van der Waals surface area contributed by atoms with Crippen LogP contribution >= 0.6 is 0 Å². The summed E-state index contributed by atoms with van der Waals surface area (Å²) in [5, 5.41) is 0. The first-order valence-electron chi connectivity index (χ1n) is 10.8. The van der Waals surface area contributed by atoms with Crippen molar-refractivity contribution in [2.45, 2.75) is 58.5 Å². The Morgan fingerprint density at radius 1 is 1.00 bits per heavy atom. The van der Waals surface area contributed by atoms with Gasteiger partial charge in [0.1, 0.15) is 18.1 Å². The first kappa shape index (κ1) is 21.4. The monoisotopic (exact) mass is 407 g/mol. The van der Waals surface area contributed by atoms with E-state index in [4.69, 9.17) is 10.5 Å². The number of nitrogens with zero attached hydrogens (tertiary/aromatic N) is 4. The minimum atomic E-state index is -0.499. The van der Waals surface area contributed by atoms with Crippen molar-refractivity contribution in [1.29, 1.82) is 0 Å². The van der Waals surface area contributed by atoms with Gasteiger partial charge in [0.15, 0.2) is 0 Å². The van der Waals surface area contributed by atoms with Crippen molar-refractivity contribution in [1.82, 2.24) is 14.0 Å². The number of amides is 1. The number of likely N-dealkylation sites (tertiary alicyclic amines) is 1. The molecule has 0 radical (unpaired) electrons. The van der Waals surface area contributed by atoms with Crippen LogP contribution in [0.15, 0.2) is 9.59 Å². The Hall–Kier alpha value is -2.29. The number of ether oxygens (including phenoxy) is 1. The van der Waals surface area contributed by atoms with Crippen LogP contribution in [0.5, 0.6) is 0 Å². The van der Waals surface area contributed by atoms with Crippen LogP contribution in [0.2, 0.25) is 0 Å². The van der Waals surface area contributed by atoms with Crippen molar-refractivity contribution >= 4 is 17.4 Å². The third-order valence-corrected chi connectivity index (χ3v) is 5.76. The van der Waals surface area contributed by atoms with Crippen LogP contribution < -0.4 is 21.9 Å². The van der Waals surface area contributed by atoms with Crippen molar-refractivity contribution in [3.8, 4) is 0 Å². The fraction of sp³-hybridized carbons (Fsp3) is 0.750. The third-order valence-electron chi connectivity index (χ3n) is 5.76. The van der Waals surface area contributed by atoms with Crippen molar-refractivity contribution in [2.75, 3.05) is 50.0 Å². The number of morpholine rings is 1. The minimum absolute atomic E-state index is 0.175. The lowest BCUT2D eigenvalue weighted by molar-refractivity contribution is -0.131. The molecular formula is C20H33N5O4. The number of hydrogen-bond acceptors (Lipinski definition) is 6. The van der Waals surface area contributed by atoms with Crippen LogP contribution in [0.3, 0.4) is 0 Å². The van der Waals surface area contributed by atoms with Crippen molar-refractivity contribution < 1.29 is 9.53 Å². The zero-order valence-corrected chi connectivity index (χ0v) is 17.4. The number of nitrogen functional groups attached to an aromatic ring is 1. The zero-order valence-electron chi connectivity index (χ0n) is 17.4. The summed E-state index contributed by atoms with van der Waals surface area (Å²) in [5.74, 6) is 0.0136. The molecule has 0 aliphatic carbocycles. The maximum atomic E-state index is 13.2. The Morgan fingerprint density at radius 2 is 1.66 bits per heavy atom. The van der Waals surface area contributed by atoms with Gasteiger partial charge in [-0.25, -0.2) is 9.36 Å². The van der Waals surface area contributed by atoms with Crippen LogP contribution in [0.1, 0.15) is 45.4 Å². The highest BCUT2D eigenvalue weighted by Gasteiger charge is 2.25. The highest BCUT2D eigenvalue weighted by Crippen LogP contribution is 2.19. The highest BCUT2D eigenvalue weighted by atomic mass is 16.5. The number of nitrogens with two attached hydrogens (primary N) is 1. The van der Waals surface area contributed by atoms with Gasteiger partial charge in [-0.05, 0) is 19.3 Å². The standard InChI is InChI=1S/C20H33N5O4/c1-2-3-10-24-18(21)17(23-11-13-29-14-12-23)19(27)25(20(24)28)15-16(26)22-8-6-4-5-7-9-22/h2-15,21H2,1H3. The van der Waals surface area contributed by atoms with E-state index >= 15 is 0 Å². The molecule has 0 bridgehead atoms. The average Bonchev–Trinajstić information content (AvgIpc) is 3.01.